The third kappa shape index (κ3) is 10.2. The van der Waals surface area contributed by atoms with Crippen molar-refractivity contribution in [2.24, 2.45) is 5.92 Å². The molecule has 0 aliphatic carbocycles. The Morgan fingerprint density at radius 3 is 1.85 bits per heavy atom. The minimum Gasteiger partial charge on any atom is -0.481 e. The van der Waals surface area contributed by atoms with E-state index in [9.17, 15) is 41.9 Å². The number of carboxylic acid groups (broad SMARTS) is 1. The zero-order valence-corrected chi connectivity index (χ0v) is 19.8. The number of carbonyl (C=O) groups excluding carboxylic acids is 5. The molecule has 0 spiro atoms. The predicted molar refractivity (Wildman–Crippen MR) is 112 cm³/mol. The van der Waals surface area contributed by atoms with E-state index in [1.165, 1.54) is 25.8 Å². The van der Waals surface area contributed by atoms with Crippen molar-refractivity contribution in [3.05, 3.63) is 0 Å². The van der Waals surface area contributed by atoms with E-state index in [0.717, 1.165) is 6.92 Å². The van der Waals surface area contributed by atoms with Gasteiger partial charge in [0.2, 0.25) is 23.6 Å². The molecule has 4 N–H and O–H groups in total. The van der Waals surface area contributed by atoms with Gasteiger partial charge < -0.3 is 26.0 Å². The van der Waals surface area contributed by atoms with Gasteiger partial charge in [0.25, 0.3) is 5.78 Å². The van der Waals surface area contributed by atoms with Crippen LogP contribution in [0.2, 0.25) is 0 Å². The average molecular weight is 496 g/mol. The average Bonchev–Trinajstić information content (AvgIpc) is 2.68. The van der Waals surface area contributed by atoms with Crippen molar-refractivity contribution >= 4 is 35.4 Å². The van der Waals surface area contributed by atoms with Crippen molar-refractivity contribution in [1.29, 1.82) is 0 Å². The molecule has 11 nitrogen and oxygen atoms in total. The van der Waals surface area contributed by atoms with Crippen LogP contribution in [-0.2, 0) is 28.8 Å². The van der Waals surface area contributed by atoms with Crippen LogP contribution >= 0.6 is 0 Å². The summed E-state index contributed by atoms with van der Waals surface area (Å²) in [5.74, 6) is -7.08. The van der Waals surface area contributed by atoms with Gasteiger partial charge >= 0.3 is 12.1 Å². The number of amides is 4. The van der Waals surface area contributed by atoms with Crippen LogP contribution in [0.3, 0.4) is 0 Å². The summed E-state index contributed by atoms with van der Waals surface area (Å²) >= 11 is 0. The van der Waals surface area contributed by atoms with Crippen LogP contribution < -0.4 is 16.0 Å². The number of halogens is 3. The van der Waals surface area contributed by atoms with Gasteiger partial charge in [-0.1, -0.05) is 13.8 Å². The Bertz CT molecular complexity index is 802. The molecule has 2 unspecified atom stereocenters. The molecule has 4 atom stereocenters. The van der Waals surface area contributed by atoms with Crippen molar-refractivity contribution < 1.29 is 47.0 Å². The minimum atomic E-state index is -5.21. The van der Waals surface area contributed by atoms with Crippen molar-refractivity contribution in [3.63, 3.8) is 0 Å². The Morgan fingerprint density at radius 1 is 0.912 bits per heavy atom. The number of aliphatic carboxylic acids is 1. The summed E-state index contributed by atoms with van der Waals surface area (Å²) in [6, 6.07) is -5.36. The molecular formula is C20H31F3N4O7. The first-order chi connectivity index (χ1) is 15.4. The third-order valence-corrected chi connectivity index (χ3v) is 4.84. The highest BCUT2D eigenvalue weighted by atomic mass is 19.4. The summed E-state index contributed by atoms with van der Waals surface area (Å²) < 4.78 is 37.5. The monoisotopic (exact) mass is 496 g/mol. The summed E-state index contributed by atoms with van der Waals surface area (Å²) in [4.78, 5) is 72.2. The SMILES string of the molecule is CC(=O)N[C@H](C(=O)N(C)C(C)CC(=O)N[C@@H](CC(=O)O)C(=O)NC(C)C(=O)C(F)(F)F)C(C)C. The van der Waals surface area contributed by atoms with Crippen LogP contribution in [-0.4, -0.2) is 82.8 Å². The molecule has 0 heterocycles. The first-order valence-electron chi connectivity index (χ1n) is 10.3. The molecule has 0 rings (SSSR count). The largest absolute Gasteiger partial charge is 0.481 e. The molecule has 194 valence electrons. The van der Waals surface area contributed by atoms with Gasteiger partial charge in [0.05, 0.1) is 12.5 Å². The van der Waals surface area contributed by atoms with Gasteiger partial charge in [-0.2, -0.15) is 13.2 Å². The molecule has 0 aromatic rings. The van der Waals surface area contributed by atoms with E-state index in [0.29, 0.717) is 0 Å². The smallest absolute Gasteiger partial charge is 0.452 e. The lowest BCUT2D eigenvalue weighted by Crippen LogP contribution is -2.54. The number of Topliss-reactive ketones (excluding diaryl/α,β-unsaturated/α-hetero) is 1. The molecule has 0 bridgehead atoms. The van der Waals surface area contributed by atoms with E-state index in [1.54, 1.807) is 19.2 Å². The first-order valence-corrected chi connectivity index (χ1v) is 10.3. The standard InChI is InChI=1S/C20H31F3N4O7/c1-9(2)16(25-12(5)28)19(34)27(6)10(3)7-14(29)26-13(8-15(30)31)18(33)24-11(4)17(32)20(21,22)23/h9-11,13,16H,7-8H2,1-6H3,(H,24,33)(H,25,28)(H,26,29)(H,30,31)/t10?,11?,13-,16-/m0/s1. The van der Waals surface area contributed by atoms with Gasteiger partial charge in [-0.05, 0) is 19.8 Å². The maximum atomic E-state index is 12.7. The lowest BCUT2D eigenvalue weighted by atomic mass is 10.0. The second kappa shape index (κ2) is 12.9. The third-order valence-electron chi connectivity index (χ3n) is 4.84. The molecule has 0 aliphatic rings. The van der Waals surface area contributed by atoms with Crippen LogP contribution in [0.4, 0.5) is 13.2 Å². The molecule has 0 aromatic heterocycles. The van der Waals surface area contributed by atoms with Crippen molar-refractivity contribution in [1.82, 2.24) is 20.9 Å². The lowest BCUT2D eigenvalue weighted by Gasteiger charge is -2.31. The summed E-state index contributed by atoms with van der Waals surface area (Å²) in [7, 11) is 1.39. The minimum absolute atomic E-state index is 0.259. The fraction of sp³-hybridized carbons (Fsp3) is 0.700. The zero-order chi connectivity index (χ0) is 27.0. The zero-order valence-electron chi connectivity index (χ0n) is 19.8. The number of rotatable bonds is 12. The molecule has 0 aliphatic heterocycles. The summed E-state index contributed by atoms with van der Waals surface area (Å²) in [5.41, 5.74) is 0. The van der Waals surface area contributed by atoms with E-state index in [-0.39, 0.29) is 12.3 Å². The van der Waals surface area contributed by atoms with Crippen molar-refractivity contribution in [2.45, 2.75) is 77.8 Å². The lowest BCUT2D eigenvalue weighted by molar-refractivity contribution is -0.173. The molecule has 0 saturated heterocycles. The van der Waals surface area contributed by atoms with E-state index >= 15 is 0 Å². The van der Waals surface area contributed by atoms with Gasteiger partial charge in [-0.25, -0.2) is 0 Å². The molecule has 0 aromatic carbocycles. The van der Waals surface area contributed by atoms with Crippen LogP contribution in [0, 0.1) is 5.92 Å². The Labute approximate surface area is 194 Å². The quantitative estimate of drug-likeness (QED) is 0.295. The number of ketones is 1. The first kappa shape index (κ1) is 30.8. The number of likely N-dealkylation sites (N-methyl/N-ethyl adjacent to an activating group) is 1. The van der Waals surface area contributed by atoms with Gasteiger partial charge in [-0.3, -0.25) is 28.8 Å². The second-order valence-electron chi connectivity index (χ2n) is 8.23. The van der Waals surface area contributed by atoms with E-state index in [2.05, 4.69) is 10.6 Å². The van der Waals surface area contributed by atoms with Gasteiger partial charge in [0.15, 0.2) is 0 Å². The normalized spacial score (nSPS) is 14.9. The molecule has 14 heteroatoms. The Hall–Kier alpha value is -3.19. The van der Waals surface area contributed by atoms with Crippen molar-refractivity contribution in [3.8, 4) is 0 Å². The summed E-state index contributed by atoms with van der Waals surface area (Å²) in [5, 5.41) is 15.4. The predicted octanol–water partition coefficient (Wildman–Crippen LogP) is -0.0203. The number of carboxylic acids is 1. The highest BCUT2D eigenvalue weighted by molar-refractivity contribution is 5.96. The molecule has 0 saturated carbocycles. The highest BCUT2D eigenvalue weighted by Gasteiger charge is 2.42. The van der Waals surface area contributed by atoms with Crippen molar-refractivity contribution in [2.75, 3.05) is 7.05 Å². The number of hydrogen-bond donors (Lipinski definition) is 4. The number of alkyl halides is 3. The fourth-order valence-electron chi connectivity index (χ4n) is 2.84. The van der Waals surface area contributed by atoms with Gasteiger partial charge in [0, 0.05) is 26.4 Å². The maximum absolute atomic E-state index is 12.7. The number of carbonyl (C=O) groups is 6. The van der Waals surface area contributed by atoms with E-state index in [1.807, 2.05) is 0 Å². The van der Waals surface area contributed by atoms with Gasteiger partial charge in [0.1, 0.15) is 12.1 Å². The molecule has 34 heavy (non-hydrogen) atoms. The number of nitrogens with one attached hydrogen (secondary N) is 3. The Balaban J connectivity index is 5.27. The summed E-state index contributed by atoms with van der Waals surface area (Å²) in [6.07, 6.45) is -6.55. The maximum Gasteiger partial charge on any atom is 0.452 e. The molecule has 4 amide bonds. The topological polar surface area (TPSA) is 162 Å². The van der Waals surface area contributed by atoms with E-state index < -0.39 is 72.1 Å². The number of hydrogen-bond acceptors (Lipinski definition) is 6. The molecule has 0 fully saturated rings. The molecular weight excluding hydrogens is 465 g/mol. The van der Waals surface area contributed by atoms with Crippen LogP contribution in [0.15, 0.2) is 0 Å². The van der Waals surface area contributed by atoms with Crippen LogP contribution in [0.1, 0.15) is 47.5 Å². The second-order valence-corrected chi connectivity index (χ2v) is 8.23. The summed E-state index contributed by atoms with van der Waals surface area (Å²) in [6.45, 7) is 6.94. The molecule has 0 radical (unpaired) electrons. The van der Waals surface area contributed by atoms with Crippen LogP contribution in [0.5, 0.6) is 0 Å². The Morgan fingerprint density at radius 2 is 1.44 bits per heavy atom. The number of nitrogens with zero attached hydrogens (tertiary/aromatic N) is 1. The Kier molecular flexibility index (Phi) is 11.7. The van der Waals surface area contributed by atoms with E-state index in [4.69, 9.17) is 5.11 Å². The fourth-order valence-corrected chi connectivity index (χ4v) is 2.84. The van der Waals surface area contributed by atoms with Gasteiger partial charge in [-0.15, -0.1) is 0 Å². The van der Waals surface area contributed by atoms with Crippen LogP contribution in [0.25, 0.3) is 0 Å². The highest BCUT2D eigenvalue weighted by Crippen LogP contribution is 2.18.